The molecule has 1 aromatic carbocycles. The highest BCUT2D eigenvalue weighted by molar-refractivity contribution is 6.11. The van der Waals surface area contributed by atoms with Gasteiger partial charge in [-0.1, -0.05) is 24.3 Å². The molecule has 2 N–H and O–H groups in total. The molecule has 1 amide bonds. The largest absolute Gasteiger partial charge is 0.490 e. The summed E-state index contributed by atoms with van der Waals surface area (Å²) >= 11 is 0. The quantitative estimate of drug-likeness (QED) is 0.301. The Hall–Kier alpha value is -4.74. The molecule has 12 heteroatoms. The van der Waals surface area contributed by atoms with Crippen LogP contribution in [0.25, 0.3) is 27.9 Å². The number of alkyl halides is 3. The summed E-state index contributed by atoms with van der Waals surface area (Å²) in [4.78, 5) is 35.6. The number of nitrogens with one attached hydrogen (secondary N) is 1. The Labute approximate surface area is 226 Å². The lowest BCUT2D eigenvalue weighted by molar-refractivity contribution is -0.192. The average Bonchev–Trinajstić information content (AvgIpc) is 3.61. The van der Waals surface area contributed by atoms with Gasteiger partial charge in [0, 0.05) is 49.2 Å². The average molecular weight is 551 g/mol. The van der Waals surface area contributed by atoms with E-state index < -0.39 is 12.1 Å². The fraction of sp³-hybridized carbons (Fsp3) is 0.250. The number of hydrogen-bond acceptors (Lipinski definition) is 5. The minimum absolute atomic E-state index is 0.142. The Morgan fingerprint density at radius 1 is 0.950 bits per heavy atom. The Balaban J connectivity index is 0.000000411. The molecule has 0 aliphatic heterocycles. The molecule has 0 saturated heterocycles. The number of nitrogens with zero attached hydrogens (tertiary/aromatic N) is 5. The lowest BCUT2D eigenvalue weighted by Crippen LogP contribution is -2.28. The standard InChI is InChI=1S/C26H24N6O.C2HF3O2/c33-25(28-15-11-19-6-3-4-12-27-19)23-16-22-24(32(23)26-29-13-5-14-30-26)20-7-1-2-8-21(20)31(22)17-18-9-10-18;3-2(4,5)1(6)7/h1-8,12-14,16,18H,9-11,15,17H2,(H,28,33);(H,6,7). The fourth-order valence-electron chi connectivity index (χ4n) is 4.48. The summed E-state index contributed by atoms with van der Waals surface area (Å²) in [5.41, 5.74) is 4.70. The molecule has 4 aromatic heterocycles. The van der Waals surface area contributed by atoms with Gasteiger partial charge in [-0.05, 0) is 49.1 Å². The molecule has 5 aromatic rings. The van der Waals surface area contributed by atoms with Gasteiger partial charge in [-0.2, -0.15) is 13.2 Å². The van der Waals surface area contributed by atoms with Gasteiger partial charge in [-0.25, -0.2) is 14.8 Å². The summed E-state index contributed by atoms with van der Waals surface area (Å²) in [5.74, 6) is -1.70. The maximum absolute atomic E-state index is 13.4. The minimum Gasteiger partial charge on any atom is -0.475 e. The topological polar surface area (TPSA) is 115 Å². The first-order chi connectivity index (χ1) is 19.2. The first kappa shape index (κ1) is 26.9. The van der Waals surface area contributed by atoms with Crippen molar-refractivity contribution >= 4 is 33.8 Å². The number of para-hydroxylation sites is 1. The number of halogens is 3. The highest BCUT2D eigenvalue weighted by Crippen LogP contribution is 2.37. The number of carbonyl (C=O) groups is 2. The molecule has 9 nitrogen and oxygen atoms in total. The van der Waals surface area contributed by atoms with Crippen molar-refractivity contribution in [3.63, 3.8) is 0 Å². The van der Waals surface area contributed by atoms with Crippen LogP contribution in [0.15, 0.2) is 73.2 Å². The van der Waals surface area contributed by atoms with Crippen molar-refractivity contribution in [3.05, 3.63) is 84.6 Å². The summed E-state index contributed by atoms with van der Waals surface area (Å²) in [6.07, 6.45) is 3.30. The van der Waals surface area contributed by atoms with Crippen LogP contribution in [-0.2, 0) is 17.8 Å². The second-order valence-corrected chi connectivity index (χ2v) is 9.35. The highest BCUT2D eigenvalue weighted by atomic mass is 19.4. The van der Waals surface area contributed by atoms with E-state index in [2.05, 4.69) is 43.0 Å². The number of rotatable bonds is 7. The van der Waals surface area contributed by atoms with Gasteiger partial charge < -0.3 is 15.0 Å². The minimum atomic E-state index is -5.08. The van der Waals surface area contributed by atoms with Crippen molar-refractivity contribution in [3.8, 4) is 5.95 Å². The lowest BCUT2D eigenvalue weighted by atomic mass is 10.2. The molecule has 40 heavy (non-hydrogen) atoms. The molecule has 0 unspecified atom stereocenters. The monoisotopic (exact) mass is 550 g/mol. The maximum Gasteiger partial charge on any atom is 0.490 e. The van der Waals surface area contributed by atoms with Crippen LogP contribution < -0.4 is 5.32 Å². The van der Waals surface area contributed by atoms with Gasteiger partial charge >= 0.3 is 12.1 Å². The van der Waals surface area contributed by atoms with E-state index in [1.165, 1.54) is 18.4 Å². The zero-order valence-corrected chi connectivity index (χ0v) is 21.2. The fourth-order valence-corrected chi connectivity index (χ4v) is 4.48. The number of pyridine rings is 1. The third-order valence-corrected chi connectivity index (χ3v) is 6.48. The molecule has 0 bridgehead atoms. The predicted molar refractivity (Wildman–Crippen MR) is 141 cm³/mol. The van der Waals surface area contributed by atoms with Gasteiger partial charge in [0.05, 0.1) is 16.6 Å². The Morgan fingerprint density at radius 2 is 1.62 bits per heavy atom. The molecule has 1 saturated carbocycles. The molecule has 0 spiro atoms. The van der Waals surface area contributed by atoms with Gasteiger partial charge in [0.1, 0.15) is 5.69 Å². The molecule has 1 aliphatic carbocycles. The van der Waals surface area contributed by atoms with Gasteiger partial charge in [0.25, 0.3) is 5.91 Å². The van der Waals surface area contributed by atoms with Gasteiger partial charge in [0.15, 0.2) is 0 Å². The first-order valence-corrected chi connectivity index (χ1v) is 12.6. The zero-order chi connectivity index (χ0) is 28.3. The number of carboxylic acids is 1. The van der Waals surface area contributed by atoms with Crippen LogP contribution in [0, 0.1) is 5.92 Å². The van der Waals surface area contributed by atoms with Crippen molar-refractivity contribution in [2.24, 2.45) is 5.92 Å². The number of aromatic nitrogens is 5. The number of hydrogen-bond donors (Lipinski definition) is 2. The number of benzene rings is 1. The van der Waals surface area contributed by atoms with Crippen LogP contribution in [-0.4, -0.2) is 53.8 Å². The highest BCUT2D eigenvalue weighted by Gasteiger charge is 2.38. The van der Waals surface area contributed by atoms with Crippen LogP contribution in [0.5, 0.6) is 0 Å². The molecule has 6 rings (SSSR count). The molecule has 1 fully saturated rings. The van der Waals surface area contributed by atoms with E-state index in [-0.39, 0.29) is 5.91 Å². The summed E-state index contributed by atoms with van der Waals surface area (Å²) in [6, 6.07) is 18.0. The van der Waals surface area contributed by atoms with E-state index in [1.807, 2.05) is 34.9 Å². The van der Waals surface area contributed by atoms with Gasteiger partial charge in [0.2, 0.25) is 5.95 Å². The van der Waals surface area contributed by atoms with E-state index in [9.17, 15) is 18.0 Å². The third-order valence-electron chi connectivity index (χ3n) is 6.48. The van der Waals surface area contributed by atoms with Crippen LogP contribution in [0.3, 0.4) is 0 Å². The van der Waals surface area contributed by atoms with E-state index in [0.717, 1.165) is 28.7 Å². The molecular formula is C28H25F3N6O3. The second kappa shape index (κ2) is 11.2. The zero-order valence-electron chi connectivity index (χ0n) is 21.2. The third kappa shape index (κ3) is 5.80. The number of fused-ring (bicyclic) bond motifs is 3. The molecule has 206 valence electrons. The van der Waals surface area contributed by atoms with E-state index in [4.69, 9.17) is 9.90 Å². The van der Waals surface area contributed by atoms with Crippen LogP contribution >= 0.6 is 0 Å². The summed E-state index contributed by atoms with van der Waals surface area (Å²) in [6.45, 7) is 1.47. The number of carboxylic acid groups (broad SMARTS) is 1. The SMILES string of the molecule is O=C(NCCc1ccccn1)c1cc2c(c3ccccc3n2CC2CC2)n1-c1ncccn1.O=C(O)C(F)(F)F. The summed E-state index contributed by atoms with van der Waals surface area (Å²) < 4.78 is 36.0. The summed E-state index contributed by atoms with van der Waals surface area (Å²) in [5, 5.41) is 11.3. The normalized spacial score (nSPS) is 13.2. The van der Waals surface area contributed by atoms with Crippen molar-refractivity contribution in [2.45, 2.75) is 32.0 Å². The lowest BCUT2D eigenvalue weighted by Gasteiger charge is -2.10. The smallest absolute Gasteiger partial charge is 0.475 e. The van der Waals surface area contributed by atoms with Crippen molar-refractivity contribution in [1.29, 1.82) is 0 Å². The van der Waals surface area contributed by atoms with Crippen molar-refractivity contribution in [1.82, 2.24) is 29.4 Å². The van der Waals surface area contributed by atoms with Crippen molar-refractivity contribution in [2.75, 3.05) is 6.54 Å². The van der Waals surface area contributed by atoms with Crippen LogP contribution in [0.2, 0.25) is 0 Å². The molecule has 4 heterocycles. The maximum atomic E-state index is 13.4. The van der Waals surface area contributed by atoms with E-state index in [0.29, 0.717) is 30.5 Å². The molecule has 1 aliphatic rings. The number of amides is 1. The Kier molecular flexibility index (Phi) is 7.50. The van der Waals surface area contributed by atoms with Crippen LogP contribution in [0.4, 0.5) is 13.2 Å². The molecular weight excluding hydrogens is 525 g/mol. The van der Waals surface area contributed by atoms with Gasteiger partial charge in [-0.15, -0.1) is 0 Å². The Morgan fingerprint density at radius 3 is 2.27 bits per heavy atom. The van der Waals surface area contributed by atoms with Crippen molar-refractivity contribution < 1.29 is 27.9 Å². The Bertz CT molecular complexity index is 1640. The number of carbonyl (C=O) groups excluding carboxylic acids is 1. The van der Waals surface area contributed by atoms with Gasteiger partial charge in [-0.3, -0.25) is 14.3 Å². The van der Waals surface area contributed by atoms with E-state index >= 15 is 0 Å². The molecule has 0 atom stereocenters. The summed E-state index contributed by atoms with van der Waals surface area (Å²) in [7, 11) is 0. The van der Waals surface area contributed by atoms with Crippen LogP contribution in [0.1, 0.15) is 29.0 Å². The second-order valence-electron chi connectivity index (χ2n) is 9.35. The van der Waals surface area contributed by atoms with E-state index in [1.54, 1.807) is 24.7 Å². The predicted octanol–water partition coefficient (Wildman–Crippen LogP) is 4.79. The first-order valence-electron chi connectivity index (χ1n) is 12.6. The molecule has 0 radical (unpaired) electrons. The number of aliphatic carboxylic acids is 1.